The Kier molecular flexibility index (Phi) is 3.63. The molecule has 0 aliphatic rings. The summed E-state index contributed by atoms with van der Waals surface area (Å²) in [5.41, 5.74) is 1.74. The molecule has 0 fully saturated rings. The third-order valence-electron chi connectivity index (χ3n) is 2.59. The molecule has 1 unspecified atom stereocenters. The molecule has 2 aromatic carbocycles. The van der Waals surface area contributed by atoms with Crippen molar-refractivity contribution in [3.8, 4) is 0 Å². The van der Waals surface area contributed by atoms with Crippen LogP contribution in [0.1, 0.15) is 5.56 Å². The number of rotatable bonds is 3. The minimum absolute atomic E-state index is 0.719. The van der Waals surface area contributed by atoms with Crippen LogP contribution in [0.15, 0.2) is 70.4 Å². The lowest BCUT2D eigenvalue weighted by atomic mass is 10.2. The molecule has 0 radical (unpaired) electrons. The summed E-state index contributed by atoms with van der Waals surface area (Å²) < 4.78 is 16.9. The zero-order chi connectivity index (χ0) is 13.0. The van der Waals surface area contributed by atoms with E-state index in [2.05, 4.69) is 10.9 Å². The SMILES string of the molecule is C=Cc1ccc(N=S(C)(=O)c2ccccc2)cc1. The van der Waals surface area contributed by atoms with E-state index in [-0.39, 0.29) is 0 Å². The molecule has 2 rings (SSSR count). The maximum absolute atomic E-state index is 12.5. The Morgan fingerprint density at radius 1 is 1.06 bits per heavy atom. The molecule has 3 heteroatoms. The fourth-order valence-corrected chi connectivity index (χ4v) is 2.89. The van der Waals surface area contributed by atoms with Gasteiger partial charge in [0, 0.05) is 11.2 Å². The second-order valence-corrected chi connectivity index (χ2v) is 6.26. The van der Waals surface area contributed by atoms with Crippen molar-refractivity contribution >= 4 is 21.5 Å². The van der Waals surface area contributed by atoms with Gasteiger partial charge < -0.3 is 0 Å². The summed E-state index contributed by atoms with van der Waals surface area (Å²) in [6, 6.07) is 16.8. The third-order valence-corrected chi connectivity index (χ3v) is 4.29. The second-order valence-electron chi connectivity index (χ2n) is 4.00. The minimum Gasteiger partial charge on any atom is -0.245 e. The van der Waals surface area contributed by atoms with Gasteiger partial charge in [0.2, 0.25) is 0 Å². The highest BCUT2D eigenvalue weighted by Crippen LogP contribution is 2.20. The van der Waals surface area contributed by atoms with Gasteiger partial charge in [0.05, 0.1) is 15.4 Å². The number of benzene rings is 2. The van der Waals surface area contributed by atoms with E-state index >= 15 is 0 Å². The molecule has 0 spiro atoms. The normalized spacial score (nSPS) is 13.6. The fraction of sp³-hybridized carbons (Fsp3) is 0.0667. The van der Waals surface area contributed by atoms with Crippen molar-refractivity contribution in [3.63, 3.8) is 0 Å². The van der Waals surface area contributed by atoms with Gasteiger partial charge in [0.1, 0.15) is 0 Å². The van der Waals surface area contributed by atoms with E-state index < -0.39 is 9.73 Å². The van der Waals surface area contributed by atoms with E-state index in [1.165, 1.54) is 0 Å². The molecule has 0 bridgehead atoms. The second kappa shape index (κ2) is 5.19. The Labute approximate surface area is 108 Å². The van der Waals surface area contributed by atoms with Gasteiger partial charge in [-0.05, 0) is 29.8 Å². The average Bonchev–Trinajstić information content (AvgIpc) is 2.40. The first kappa shape index (κ1) is 12.6. The van der Waals surface area contributed by atoms with Gasteiger partial charge in [-0.1, -0.05) is 43.0 Å². The monoisotopic (exact) mass is 257 g/mol. The van der Waals surface area contributed by atoms with Crippen LogP contribution in [-0.2, 0) is 9.73 Å². The van der Waals surface area contributed by atoms with Crippen molar-refractivity contribution in [3.05, 3.63) is 66.7 Å². The van der Waals surface area contributed by atoms with Crippen molar-refractivity contribution in [1.82, 2.24) is 0 Å². The molecule has 18 heavy (non-hydrogen) atoms. The third kappa shape index (κ3) is 2.87. The molecular weight excluding hydrogens is 242 g/mol. The van der Waals surface area contributed by atoms with E-state index in [9.17, 15) is 4.21 Å². The zero-order valence-corrected chi connectivity index (χ0v) is 11.1. The standard InChI is InChI=1S/C15H15NOS/c1-3-13-9-11-14(12-10-13)16-18(2,17)15-7-5-4-6-8-15/h3-12H,1H2,2H3. The highest BCUT2D eigenvalue weighted by atomic mass is 32.2. The zero-order valence-electron chi connectivity index (χ0n) is 10.2. The van der Waals surface area contributed by atoms with Crippen LogP contribution in [0.5, 0.6) is 0 Å². The predicted octanol–water partition coefficient (Wildman–Crippen LogP) is 4.12. The first-order valence-electron chi connectivity index (χ1n) is 5.61. The molecule has 0 heterocycles. The van der Waals surface area contributed by atoms with Crippen LogP contribution in [0, 0.1) is 0 Å². The molecule has 0 N–H and O–H groups in total. The molecule has 0 amide bonds. The van der Waals surface area contributed by atoms with E-state index in [0.717, 1.165) is 16.1 Å². The van der Waals surface area contributed by atoms with Crippen LogP contribution in [0.3, 0.4) is 0 Å². The summed E-state index contributed by atoms with van der Waals surface area (Å²) in [6.45, 7) is 3.70. The van der Waals surface area contributed by atoms with Crippen LogP contribution >= 0.6 is 0 Å². The predicted molar refractivity (Wildman–Crippen MR) is 77.4 cm³/mol. The molecule has 2 aromatic rings. The Balaban J connectivity index is 2.43. The van der Waals surface area contributed by atoms with Crippen LogP contribution in [0.4, 0.5) is 5.69 Å². The Hall–Kier alpha value is -1.87. The fourth-order valence-electron chi connectivity index (χ4n) is 1.60. The summed E-state index contributed by atoms with van der Waals surface area (Å²) in [5.74, 6) is 0. The quantitative estimate of drug-likeness (QED) is 0.813. The molecule has 2 nitrogen and oxygen atoms in total. The molecule has 0 saturated carbocycles. The molecule has 1 atom stereocenters. The van der Waals surface area contributed by atoms with Crippen LogP contribution in [0.25, 0.3) is 6.08 Å². The first-order valence-corrected chi connectivity index (χ1v) is 7.54. The summed E-state index contributed by atoms with van der Waals surface area (Å²) in [5, 5.41) is 0. The van der Waals surface area contributed by atoms with Crippen molar-refractivity contribution in [2.45, 2.75) is 4.90 Å². The Morgan fingerprint density at radius 3 is 2.22 bits per heavy atom. The maximum atomic E-state index is 12.5. The lowest BCUT2D eigenvalue weighted by molar-refractivity contribution is 0.681. The molecule has 0 aromatic heterocycles. The molecular formula is C15H15NOS. The van der Waals surface area contributed by atoms with Gasteiger partial charge >= 0.3 is 0 Å². The van der Waals surface area contributed by atoms with E-state index in [4.69, 9.17) is 0 Å². The van der Waals surface area contributed by atoms with E-state index in [1.807, 2.05) is 54.6 Å². The Morgan fingerprint density at radius 2 is 1.67 bits per heavy atom. The highest BCUT2D eigenvalue weighted by molar-refractivity contribution is 7.93. The summed E-state index contributed by atoms with van der Waals surface area (Å²) in [4.78, 5) is 0.748. The average molecular weight is 257 g/mol. The number of nitrogens with zero attached hydrogens (tertiary/aromatic N) is 1. The molecule has 92 valence electrons. The van der Waals surface area contributed by atoms with Crippen molar-refractivity contribution in [2.75, 3.05) is 6.26 Å². The summed E-state index contributed by atoms with van der Waals surface area (Å²) >= 11 is 0. The molecule has 0 aliphatic carbocycles. The van der Waals surface area contributed by atoms with Crippen LogP contribution in [0.2, 0.25) is 0 Å². The van der Waals surface area contributed by atoms with Gasteiger partial charge in [-0.2, -0.15) is 4.36 Å². The van der Waals surface area contributed by atoms with Crippen LogP contribution in [-0.4, -0.2) is 10.5 Å². The van der Waals surface area contributed by atoms with Crippen molar-refractivity contribution < 1.29 is 4.21 Å². The van der Waals surface area contributed by atoms with Gasteiger partial charge in [-0.25, -0.2) is 4.21 Å². The lowest BCUT2D eigenvalue weighted by Gasteiger charge is -2.04. The van der Waals surface area contributed by atoms with E-state index in [0.29, 0.717) is 0 Å². The molecule has 0 aliphatic heterocycles. The number of hydrogen-bond acceptors (Lipinski definition) is 2. The highest BCUT2D eigenvalue weighted by Gasteiger charge is 2.04. The topological polar surface area (TPSA) is 29.4 Å². The number of hydrogen-bond donors (Lipinski definition) is 0. The Bertz CT molecular complexity index is 651. The smallest absolute Gasteiger partial charge is 0.0771 e. The summed E-state index contributed by atoms with van der Waals surface area (Å²) in [6.07, 6.45) is 3.42. The first-order chi connectivity index (χ1) is 8.62. The van der Waals surface area contributed by atoms with Gasteiger partial charge in [0.15, 0.2) is 0 Å². The molecule has 0 saturated heterocycles. The van der Waals surface area contributed by atoms with Crippen molar-refractivity contribution in [1.29, 1.82) is 0 Å². The maximum Gasteiger partial charge on any atom is 0.0771 e. The summed E-state index contributed by atoms with van der Waals surface area (Å²) in [7, 11) is -2.38. The largest absolute Gasteiger partial charge is 0.245 e. The van der Waals surface area contributed by atoms with E-state index in [1.54, 1.807) is 12.3 Å². The van der Waals surface area contributed by atoms with Gasteiger partial charge in [-0.3, -0.25) is 0 Å². The van der Waals surface area contributed by atoms with Crippen LogP contribution < -0.4 is 0 Å². The van der Waals surface area contributed by atoms with Gasteiger partial charge in [0.25, 0.3) is 0 Å². The van der Waals surface area contributed by atoms with Gasteiger partial charge in [-0.15, -0.1) is 0 Å². The van der Waals surface area contributed by atoms with Crippen molar-refractivity contribution in [2.24, 2.45) is 4.36 Å². The minimum atomic E-state index is -2.38. The lowest BCUT2D eigenvalue weighted by Crippen LogP contribution is -1.95.